The number of aryl methyl sites for hydroxylation is 1. The van der Waals surface area contributed by atoms with Crippen molar-refractivity contribution in [1.82, 2.24) is 15.0 Å². The van der Waals surface area contributed by atoms with Gasteiger partial charge in [0.1, 0.15) is 23.2 Å². The number of aldehydes is 1. The first kappa shape index (κ1) is 20.8. The Morgan fingerprint density at radius 1 is 1.19 bits per heavy atom. The lowest BCUT2D eigenvalue weighted by Crippen LogP contribution is -2.35. The molecular formula is C22H24N4O3S2. The van der Waals surface area contributed by atoms with Crippen molar-refractivity contribution in [2.24, 2.45) is 5.92 Å². The zero-order valence-corrected chi connectivity index (χ0v) is 19.4. The van der Waals surface area contributed by atoms with Gasteiger partial charge in [-0.15, -0.1) is 11.3 Å². The molecule has 0 amide bonds. The fraction of sp³-hybridized carbons (Fsp3) is 0.455. The van der Waals surface area contributed by atoms with E-state index in [4.69, 9.17) is 19.4 Å². The second kappa shape index (κ2) is 7.81. The van der Waals surface area contributed by atoms with Crippen LogP contribution >= 0.6 is 23.1 Å². The number of nitrogens with one attached hydrogen (secondary N) is 1. The summed E-state index contributed by atoms with van der Waals surface area (Å²) >= 11 is 3.12. The number of hydrogen-bond acceptors (Lipinski definition) is 9. The van der Waals surface area contributed by atoms with Crippen LogP contribution < -0.4 is 5.32 Å². The molecule has 2 fully saturated rings. The molecule has 0 spiro atoms. The number of rotatable bonds is 5. The summed E-state index contributed by atoms with van der Waals surface area (Å²) in [5.41, 5.74) is 2.72. The van der Waals surface area contributed by atoms with Crippen molar-refractivity contribution in [3.63, 3.8) is 0 Å². The Balaban J connectivity index is 1.55. The number of para-hydroxylation sites is 1. The van der Waals surface area contributed by atoms with E-state index in [0.717, 1.165) is 38.6 Å². The molecule has 2 aromatic heterocycles. The number of carbonyl (C=O) groups excluding carboxylic acids is 1. The third kappa shape index (κ3) is 3.73. The van der Waals surface area contributed by atoms with Crippen LogP contribution in [-0.2, 0) is 14.3 Å². The Hall–Kier alpha value is -2.07. The number of nitrogens with zero attached hydrogens (tertiary/aromatic N) is 3. The van der Waals surface area contributed by atoms with Crippen LogP contribution in [0.15, 0.2) is 29.4 Å². The van der Waals surface area contributed by atoms with Crippen LogP contribution in [0.25, 0.3) is 20.8 Å². The number of ether oxygens (including phenoxy) is 2. The first-order chi connectivity index (χ1) is 14.9. The SMILES string of the molecule is CSc1nc(C)c(-c2nc3ccccc3s2)c(N[C@@H]2CC(C=O)[C@H]3OC(C)(C)O[C@H]32)n1. The molecule has 1 saturated heterocycles. The zero-order valence-electron chi connectivity index (χ0n) is 17.8. The third-order valence-corrected chi connectivity index (χ3v) is 7.37. The van der Waals surface area contributed by atoms with E-state index in [0.29, 0.717) is 11.6 Å². The molecule has 3 aromatic rings. The minimum Gasteiger partial charge on any atom is -0.364 e. The number of benzene rings is 1. The van der Waals surface area contributed by atoms with E-state index in [1.54, 1.807) is 11.3 Å². The Morgan fingerprint density at radius 3 is 2.71 bits per heavy atom. The van der Waals surface area contributed by atoms with E-state index >= 15 is 0 Å². The van der Waals surface area contributed by atoms with Gasteiger partial charge in [0.2, 0.25) is 0 Å². The molecule has 1 aliphatic heterocycles. The maximum atomic E-state index is 11.7. The molecule has 1 N–H and O–H groups in total. The molecule has 0 radical (unpaired) electrons. The number of thioether (sulfide) groups is 1. The first-order valence-corrected chi connectivity index (χ1v) is 12.3. The highest BCUT2D eigenvalue weighted by Crippen LogP contribution is 2.43. The standard InChI is InChI=1S/C22H24N4O3S2/c1-11-16(20-25-13-7-5-6-8-15(13)31-20)19(26-21(23-11)30-4)24-14-9-12(10-27)17-18(14)29-22(2,3)28-17/h5-8,10,12,14,17-18H,9H2,1-4H3,(H,23,24,26)/t12?,14-,17-,18+/m1/s1. The lowest BCUT2D eigenvalue weighted by Gasteiger charge is -2.24. The number of hydrogen-bond donors (Lipinski definition) is 1. The number of carbonyl (C=O) groups is 1. The second-order valence-corrected chi connectivity index (χ2v) is 10.2. The van der Waals surface area contributed by atoms with Gasteiger partial charge in [0.25, 0.3) is 0 Å². The number of fused-ring (bicyclic) bond motifs is 2. The van der Waals surface area contributed by atoms with E-state index in [2.05, 4.69) is 16.4 Å². The minimum atomic E-state index is -0.709. The molecular weight excluding hydrogens is 432 g/mol. The molecule has 4 atom stereocenters. The zero-order chi connectivity index (χ0) is 21.8. The average Bonchev–Trinajstić information content (AvgIpc) is 3.38. The Morgan fingerprint density at radius 2 is 1.97 bits per heavy atom. The van der Waals surface area contributed by atoms with Gasteiger partial charge in [-0.1, -0.05) is 23.9 Å². The van der Waals surface area contributed by atoms with Gasteiger partial charge in [-0.25, -0.2) is 15.0 Å². The highest BCUT2D eigenvalue weighted by atomic mass is 32.2. The monoisotopic (exact) mass is 456 g/mol. The van der Waals surface area contributed by atoms with E-state index in [9.17, 15) is 4.79 Å². The van der Waals surface area contributed by atoms with Crippen molar-refractivity contribution in [3.05, 3.63) is 30.0 Å². The number of thiazole rings is 1. The second-order valence-electron chi connectivity index (χ2n) is 8.36. The topological polar surface area (TPSA) is 86.2 Å². The van der Waals surface area contributed by atoms with Crippen LogP contribution in [0, 0.1) is 12.8 Å². The van der Waals surface area contributed by atoms with Gasteiger partial charge in [0, 0.05) is 5.92 Å². The summed E-state index contributed by atoms with van der Waals surface area (Å²) < 4.78 is 13.3. The maximum absolute atomic E-state index is 11.7. The summed E-state index contributed by atoms with van der Waals surface area (Å²) in [6, 6.07) is 7.98. The highest BCUT2D eigenvalue weighted by molar-refractivity contribution is 7.98. The van der Waals surface area contributed by atoms with Gasteiger partial charge in [0.05, 0.1) is 33.6 Å². The quantitative estimate of drug-likeness (QED) is 0.345. The smallest absolute Gasteiger partial charge is 0.189 e. The third-order valence-electron chi connectivity index (χ3n) is 5.76. The molecule has 162 valence electrons. The predicted molar refractivity (Wildman–Crippen MR) is 123 cm³/mol. The summed E-state index contributed by atoms with van der Waals surface area (Å²) in [4.78, 5) is 26.0. The van der Waals surface area contributed by atoms with Gasteiger partial charge in [-0.2, -0.15) is 0 Å². The number of aromatic nitrogens is 3. The Labute approximate surface area is 189 Å². The van der Waals surface area contributed by atoms with Crippen molar-refractivity contribution in [3.8, 4) is 10.6 Å². The Bertz CT molecular complexity index is 1120. The highest BCUT2D eigenvalue weighted by Gasteiger charge is 2.54. The van der Waals surface area contributed by atoms with Gasteiger partial charge in [-0.3, -0.25) is 0 Å². The summed E-state index contributed by atoms with van der Waals surface area (Å²) in [5.74, 6) is -0.198. The molecule has 7 nitrogen and oxygen atoms in total. The first-order valence-electron chi connectivity index (χ1n) is 10.2. The van der Waals surface area contributed by atoms with E-state index in [1.165, 1.54) is 11.8 Å². The average molecular weight is 457 g/mol. The van der Waals surface area contributed by atoms with Crippen LogP contribution in [0.3, 0.4) is 0 Å². The van der Waals surface area contributed by atoms with Crippen LogP contribution in [0.5, 0.6) is 0 Å². The van der Waals surface area contributed by atoms with Gasteiger partial charge in [0.15, 0.2) is 10.9 Å². The fourth-order valence-electron chi connectivity index (χ4n) is 4.45. The summed E-state index contributed by atoms with van der Waals surface area (Å²) in [7, 11) is 0. The van der Waals surface area contributed by atoms with Crippen molar-refractivity contribution in [2.45, 2.75) is 56.4 Å². The lowest BCUT2D eigenvalue weighted by atomic mass is 10.1. The van der Waals surface area contributed by atoms with Crippen LogP contribution in [0.2, 0.25) is 0 Å². The van der Waals surface area contributed by atoms with Crippen LogP contribution in [0.4, 0.5) is 5.82 Å². The Kier molecular flexibility index (Phi) is 5.24. The summed E-state index contributed by atoms with van der Waals surface area (Å²) in [6.07, 6.45) is 3.10. The van der Waals surface area contributed by atoms with Crippen molar-refractivity contribution < 1.29 is 14.3 Å². The van der Waals surface area contributed by atoms with E-state index in [-0.39, 0.29) is 24.2 Å². The van der Waals surface area contributed by atoms with Crippen molar-refractivity contribution in [2.75, 3.05) is 11.6 Å². The molecule has 3 heterocycles. The molecule has 1 aliphatic carbocycles. The summed E-state index contributed by atoms with van der Waals surface area (Å²) in [5, 5.41) is 5.14. The van der Waals surface area contributed by atoms with Gasteiger partial charge in [-0.05, 0) is 45.6 Å². The molecule has 31 heavy (non-hydrogen) atoms. The van der Waals surface area contributed by atoms with E-state index in [1.807, 2.05) is 45.2 Å². The molecule has 1 saturated carbocycles. The van der Waals surface area contributed by atoms with Gasteiger partial charge < -0.3 is 19.6 Å². The molecule has 0 bridgehead atoms. The van der Waals surface area contributed by atoms with Crippen molar-refractivity contribution in [1.29, 1.82) is 0 Å². The normalized spacial score (nSPS) is 26.8. The molecule has 5 rings (SSSR count). The molecule has 1 aromatic carbocycles. The van der Waals surface area contributed by atoms with Crippen LogP contribution in [0.1, 0.15) is 26.0 Å². The van der Waals surface area contributed by atoms with Crippen molar-refractivity contribution >= 4 is 45.4 Å². The molecule has 1 unspecified atom stereocenters. The molecule has 2 aliphatic rings. The largest absolute Gasteiger partial charge is 0.364 e. The van der Waals surface area contributed by atoms with E-state index < -0.39 is 5.79 Å². The fourth-order valence-corrected chi connectivity index (χ4v) is 5.92. The van der Waals surface area contributed by atoms with Crippen LogP contribution in [-0.4, -0.2) is 51.5 Å². The summed E-state index contributed by atoms with van der Waals surface area (Å²) in [6.45, 7) is 5.76. The minimum absolute atomic E-state index is 0.0980. The predicted octanol–water partition coefficient (Wildman–Crippen LogP) is 4.30. The lowest BCUT2D eigenvalue weighted by molar-refractivity contribution is -0.157. The number of anilines is 1. The van der Waals surface area contributed by atoms with Gasteiger partial charge >= 0.3 is 0 Å². The molecule has 9 heteroatoms. The maximum Gasteiger partial charge on any atom is 0.189 e.